The number of nitrogens with one attached hydrogen (secondary N) is 3. The predicted molar refractivity (Wildman–Crippen MR) is 74.8 cm³/mol. The van der Waals surface area contributed by atoms with E-state index in [1.807, 2.05) is 0 Å². The van der Waals surface area contributed by atoms with Crippen LogP contribution < -0.4 is 16.0 Å². The van der Waals surface area contributed by atoms with Gasteiger partial charge in [-0.3, -0.25) is 9.59 Å². The third kappa shape index (κ3) is 4.89. The van der Waals surface area contributed by atoms with Crippen LogP contribution in [0.1, 0.15) is 25.7 Å². The average Bonchev–Trinajstić information content (AvgIpc) is 2.90. The van der Waals surface area contributed by atoms with Gasteiger partial charge in [0, 0.05) is 18.6 Å². The lowest BCUT2D eigenvalue weighted by molar-refractivity contribution is -0.137. The van der Waals surface area contributed by atoms with Crippen molar-refractivity contribution in [2.75, 3.05) is 26.2 Å². The SMILES string of the molecule is O=C(O)CNC(=O)CNC(=O)NC1CCN2CCCC2C1. The predicted octanol–water partition coefficient (Wildman–Crippen LogP) is -0.887. The molecule has 0 aromatic rings. The van der Waals surface area contributed by atoms with Crippen LogP contribution in [0.25, 0.3) is 0 Å². The molecule has 2 aliphatic heterocycles. The Balaban J connectivity index is 1.63. The largest absolute Gasteiger partial charge is 0.480 e. The molecule has 0 aliphatic carbocycles. The molecule has 0 bridgehead atoms. The standard InChI is InChI=1S/C13H22N4O4/c18-11(14-8-12(19)20)7-15-13(21)16-9-3-5-17-4-1-2-10(17)6-9/h9-10H,1-8H2,(H,14,18)(H,19,20)(H2,15,16,21). The number of hydrogen-bond acceptors (Lipinski definition) is 4. The summed E-state index contributed by atoms with van der Waals surface area (Å²) in [6.45, 7) is 1.51. The van der Waals surface area contributed by atoms with Crippen molar-refractivity contribution in [2.45, 2.75) is 37.8 Å². The van der Waals surface area contributed by atoms with E-state index in [-0.39, 0.29) is 18.6 Å². The van der Waals surface area contributed by atoms with Crippen molar-refractivity contribution >= 4 is 17.9 Å². The van der Waals surface area contributed by atoms with Gasteiger partial charge >= 0.3 is 12.0 Å². The van der Waals surface area contributed by atoms with Gasteiger partial charge in [-0.05, 0) is 32.2 Å². The molecule has 2 heterocycles. The Morgan fingerprint density at radius 3 is 2.67 bits per heavy atom. The van der Waals surface area contributed by atoms with Gasteiger partial charge in [0.15, 0.2) is 0 Å². The molecule has 2 rings (SSSR count). The molecule has 0 spiro atoms. The van der Waals surface area contributed by atoms with Crippen LogP contribution in [0.15, 0.2) is 0 Å². The fourth-order valence-corrected chi connectivity index (χ4v) is 2.99. The summed E-state index contributed by atoms with van der Waals surface area (Å²) in [5, 5.41) is 15.9. The first-order valence-electron chi connectivity index (χ1n) is 7.31. The van der Waals surface area contributed by atoms with Crippen LogP contribution >= 0.6 is 0 Å². The molecule has 2 aliphatic rings. The molecule has 4 N–H and O–H groups in total. The van der Waals surface area contributed by atoms with Crippen molar-refractivity contribution in [1.29, 1.82) is 0 Å². The van der Waals surface area contributed by atoms with Gasteiger partial charge in [-0.1, -0.05) is 0 Å². The van der Waals surface area contributed by atoms with E-state index in [0.29, 0.717) is 6.04 Å². The van der Waals surface area contributed by atoms with Crippen molar-refractivity contribution in [3.63, 3.8) is 0 Å². The molecule has 8 heteroatoms. The highest BCUT2D eigenvalue weighted by Gasteiger charge is 2.32. The third-order valence-corrected chi connectivity index (χ3v) is 4.00. The number of amides is 3. The highest BCUT2D eigenvalue weighted by atomic mass is 16.4. The molecule has 2 unspecified atom stereocenters. The highest BCUT2D eigenvalue weighted by Crippen LogP contribution is 2.26. The Morgan fingerprint density at radius 1 is 1.10 bits per heavy atom. The van der Waals surface area contributed by atoms with E-state index < -0.39 is 18.4 Å². The van der Waals surface area contributed by atoms with Gasteiger partial charge in [0.25, 0.3) is 0 Å². The van der Waals surface area contributed by atoms with E-state index in [1.54, 1.807) is 0 Å². The van der Waals surface area contributed by atoms with Crippen LogP contribution in [0, 0.1) is 0 Å². The number of piperidine rings is 1. The van der Waals surface area contributed by atoms with E-state index in [4.69, 9.17) is 5.11 Å². The number of nitrogens with zero attached hydrogens (tertiary/aromatic N) is 1. The minimum atomic E-state index is -1.11. The molecule has 0 aromatic carbocycles. The molecular formula is C13H22N4O4. The van der Waals surface area contributed by atoms with Gasteiger partial charge in [0.2, 0.25) is 5.91 Å². The van der Waals surface area contributed by atoms with Gasteiger partial charge in [-0.2, -0.15) is 0 Å². The number of carboxylic acids is 1. The van der Waals surface area contributed by atoms with Gasteiger partial charge in [-0.25, -0.2) is 4.79 Å². The molecule has 21 heavy (non-hydrogen) atoms. The summed E-state index contributed by atoms with van der Waals surface area (Å²) in [6.07, 6.45) is 4.30. The maximum atomic E-state index is 11.7. The summed E-state index contributed by atoms with van der Waals surface area (Å²) in [4.78, 5) is 35.7. The summed E-state index contributed by atoms with van der Waals surface area (Å²) < 4.78 is 0. The van der Waals surface area contributed by atoms with Crippen LogP contribution in [-0.2, 0) is 9.59 Å². The number of carbonyl (C=O) groups is 3. The molecule has 2 atom stereocenters. The number of carboxylic acid groups (broad SMARTS) is 1. The van der Waals surface area contributed by atoms with Crippen LogP contribution in [0.3, 0.4) is 0 Å². The number of aliphatic carboxylic acids is 1. The second-order valence-electron chi connectivity index (χ2n) is 5.55. The van der Waals surface area contributed by atoms with Crippen LogP contribution in [-0.4, -0.2) is 66.2 Å². The first kappa shape index (κ1) is 15.6. The molecule has 2 fully saturated rings. The summed E-state index contributed by atoms with van der Waals surface area (Å²) >= 11 is 0. The summed E-state index contributed by atoms with van der Waals surface area (Å²) in [7, 11) is 0. The smallest absolute Gasteiger partial charge is 0.322 e. The molecule has 3 amide bonds. The summed E-state index contributed by atoms with van der Waals surface area (Å²) in [6, 6.07) is 0.339. The number of urea groups is 1. The Bertz CT molecular complexity index is 415. The normalized spacial score (nSPS) is 25.0. The van der Waals surface area contributed by atoms with Crippen LogP contribution in [0.2, 0.25) is 0 Å². The second-order valence-corrected chi connectivity index (χ2v) is 5.55. The Kier molecular flexibility index (Phi) is 5.38. The molecule has 2 saturated heterocycles. The molecule has 0 radical (unpaired) electrons. The Labute approximate surface area is 123 Å². The first-order chi connectivity index (χ1) is 10.0. The second kappa shape index (κ2) is 7.26. The third-order valence-electron chi connectivity index (χ3n) is 4.00. The van der Waals surface area contributed by atoms with Crippen molar-refractivity contribution in [2.24, 2.45) is 0 Å². The molecule has 8 nitrogen and oxygen atoms in total. The van der Waals surface area contributed by atoms with Gasteiger partial charge in [-0.15, -0.1) is 0 Å². The van der Waals surface area contributed by atoms with Gasteiger partial charge in [0.05, 0.1) is 6.54 Å². The minimum Gasteiger partial charge on any atom is -0.480 e. The first-order valence-corrected chi connectivity index (χ1v) is 7.31. The fourth-order valence-electron chi connectivity index (χ4n) is 2.99. The van der Waals surface area contributed by atoms with Gasteiger partial charge in [0.1, 0.15) is 6.54 Å². The number of hydrogen-bond donors (Lipinski definition) is 4. The topological polar surface area (TPSA) is 111 Å². The van der Waals surface area contributed by atoms with Crippen molar-refractivity contribution < 1.29 is 19.5 Å². The van der Waals surface area contributed by atoms with Crippen molar-refractivity contribution in [1.82, 2.24) is 20.9 Å². The maximum absolute atomic E-state index is 11.7. The minimum absolute atomic E-state index is 0.145. The zero-order chi connectivity index (χ0) is 15.2. The lowest BCUT2D eigenvalue weighted by atomic mass is 9.98. The van der Waals surface area contributed by atoms with Gasteiger partial charge < -0.3 is 26.0 Å². The fraction of sp³-hybridized carbons (Fsp3) is 0.769. The Morgan fingerprint density at radius 2 is 1.90 bits per heavy atom. The molecule has 0 saturated carbocycles. The number of carbonyl (C=O) groups excluding carboxylic acids is 2. The van der Waals surface area contributed by atoms with Crippen LogP contribution in [0.5, 0.6) is 0 Å². The lowest BCUT2D eigenvalue weighted by Crippen LogP contribution is -2.51. The van der Waals surface area contributed by atoms with Crippen LogP contribution in [0.4, 0.5) is 4.79 Å². The van der Waals surface area contributed by atoms with Crippen molar-refractivity contribution in [3.8, 4) is 0 Å². The monoisotopic (exact) mass is 298 g/mol. The zero-order valence-electron chi connectivity index (χ0n) is 11.9. The number of rotatable bonds is 5. The van der Waals surface area contributed by atoms with E-state index in [9.17, 15) is 14.4 Å². The summed E-state index contributed by atoms with van der Waals surface area (Å²) in [5.74, 6) is -1.63. The maximum Gasteiger partial charge on any atom is 0.322 e. The quantitative estimate of drug-likeness (QED) is 0.526. The average molecular weight is 298 g/mol. The van der Waals surface area contributed by atoms with E-state index >= 15 is 0 Å². The van der Waals surface area contributed by atoms with E-state index in [0.717, 1.165) is 25.9 Å². The summed E-state index contributed by atoms with van der Waals surface area (Å²) in [5.41, 5.74) is 0. The molecular weight excluding hydrogens is 276 g/mol. The van der Waals surface area contributed by atoms with Crippen molar-refractivity contribution in [3.05, 3.63) is 0 Å². The molecule has 0 aromatic heterocycles. The van der Waals surface area contributed by atoms with E-state index in [1.165, 1.54) is 12.8 Å². The Hall–Kier alpha value is -1.83. The lowest BCUT2D eigenvalue weighted by Gasteiger charge is -2.35. The van der Waals surface area contributed by atoms with E-state index in [2.05, 4.69) is 20.9 Å². The highest BCUT2D eigenvalue weighted by molar-refractivity contribution is 5.86. The number of fused-ring (bicyclic) bond motifs is 1. The molecule has 118 valence electrons. The zero-order valence-corrected chi connectivity index (χ0v) is 11.9.